The van der Waals surface area contributed by atoms with E-state index < -0.39 is 5.51 Å². The summed E-state index contributed by atoms with van der Waals surface area (Å²) in [5, 5.41) is 3.33. The lowest BCUT2D eigenvalue weighted by Crippen LogP contribution is -2.64. The summed E-state index contributed by atoms with van der Waals surface area (Å²) in [6, 6.07) is 6.93. The lowest BCUT2D eigenvalue weighted by Gasteiger charge is -2.47. The molecule has 2 heterocycles. The summed E-state index contributed by atoms with van der Waals surface area (Å²) in [4.78, 5) is 17.2. The van der Waals surface area contributed by atoms with Crippen LogP contribution in [0.15, 0.2) is 29.2 Å². The summed E-state index contributed by atoms with van der Waals surface area (Å²) in [6.45, 7) is 5.73. The average Bonchev–Trinajstić information content (AvgIpc) is 3.34. The predicted octanol–water partition coefficient (Wildman–Crippen LogP) is 2.52. The van der Waals surface area contributed by atoms with E-state index in [0.717, 1.165) is 51.3 Å². The van der Waals surface area contributed by atoms with Crippen LogP contribution in [0.25, 0.3) is 0 Å². The molecule has 0 bridgehead atoms. The number of benzene rings is 1. The zero-order chi connectivity index (χ0) is 18.3. The Hall–Kier alpha value is -1.25. The van der Waals surface area contributed by atoms with Gasteiger partial charge in [0.05, 0.1) is 0 Å². The Morgan fingerprint density at radius 3 is 2.38 bits per heavy atom. The molecule has 4 rings (SSSR count). The molecule has 1 aromatic carbocycles. The van der Waals surface area contributed by atoms with E-state index in [1.54, 1.807) is 12.1 Å². The molecule has 1 aliphatic carbocycles. The fourth-order valence-electron chi connectivity index (χ4n) is 3.90. The first-order valence-electron chi connectivity index (χ1n) is 9.00. The molecule has 1 aromatic rings. The van der Waals surface area contributed by atoms with E-state index in [4.69, 9.17) is 0 Å². The van der Waals surface area contributed by atoms with Gasteiger partial charge >= 0.3 is 5.51 Å². The molecular weight excluding hydrogens is 363 g/mol. The minimum Gasteiger partial charge on any atom is -0.339 e. The van der Waals surface area contributed by atoms with E-state index in [-0.39, 0.29) is 34.4 Å². The van der Waals surface area contributed by atoms with Crippen LogP contribution in [-0.2, 0) is 4.79 Å². The summed E-state index contributed by atoms with van der Waals surface area (Å²) in [5.41, 5.74) is -3.30. The minimum atomic E-state index is -4.27. The van der Waals surface area contributed by atoms with E-state index >= 15 is 0 Å². The molecule has 142 valence electrons. The van der Waals surface area contributed by atoms with Crippen molar-refractivity contribution in [1.29, 1.82) is 0 Å². The van der Waals surface area contributed by atoms with Gasteiger partial charge in [-0.2, -0.15) is 13.2 Å². The van der Waals surface area contributed by atoms with Crippen LogP contribution >= 0.6 is 11.8 Å². The van der Waals surface area contributed by atoms with Crippen LogP contribution in [0.5, 0.6) is 0 Å². The number of carbonyl (C=O) groups is 1. The Morgan fingerprint density at radius 2 is 1.77 bits per heavy atom. The molecule has 0 spiro atoms. The van der Waals surface area contributed by atoms with Crippen molar-refractivity contribution < 1.29 is 18.0 Å². The van der Waals surface area contributed by atoms with Crippen molar-refractivity contribution in [3.8, 4) is 0 Å². The first-order chi connectivity index (χ1) is 12.4. The number of halogens is 3. The second kappa shape index (κ2) is 7.05. The third-order valence-electron chi connectivity index (χ3n) is 5.49. The second-order valence-electron chi connectivity index (χ2n) is 7.25. The number of hydrogen-bond acceptors (Lipinski definition) is 4. The number of nitrogens with one attached hydrogen (secondary N) is 1. The van der Waals surface area contributed by atoms with Crippen LogP contribution in [0, 0.1) is 5.92 Å². The number of piperazine rings is 1. The molecule has 3 aliphatic rings. The molecule has 2 saturated heterocycles. The number of nitrogens with zero attached hydrogens (tertiary/aromatic N) is 2. The lowest BCUT2D eigenvalue weighted by molar-refractivity contribution is -0.140. The molecule has 3 fully saturated rings. The highest BCUT2D eigenvalue weighted by Crippen LogP contribution is 2.49. The predicted molar refractivity (Wildman–Crippen MR) is 94.0 cm³/mol. The van der Waals surface area contributed by atoms with Gasteiger partial charge < -0.3 is 10.2 Å². The summed E-state index contributed by atoms with van der Waals surface area (Å²) in [6.07, 6.45) is 0.805. The highest BCUT2D eigenvalue weighted by molar-refractivity contribution is 8.00. The van der Waals surface area contributed by atoms with Crippen molar-refractivity contribution in [2.24, 2.45) is 5.92 Å². The smallest absolute Gasteiger partial charge is 0.339 e. The second-order valence-corrected chi connectivity index (χ2v) is 8.39. The van der Waals surface area contributed by atoms with Gasteiger partial charge in [-0.1, -0.05) is 12.1 Å². The van der Waals surface area contributed by atoms with Gasteiger partial charge in [0.15, 0.2) is 0 Å². The van der Waals surface area contributed by atoms with Crippen LogP contribution in [0.3, 0.4) is 0 Å². The topological polar surface area (TPSA) is 35.6 Å². The minimum absolute atomic E-state index is 0.0000849. The Kier molecular flexibility index (Phi) is 4.92. The quantitative estimate of drug-likeness (QED) is 0.808. The molecule has 4 nitrogen and oxygen atoms in total. The average molecular weight is 385 g/mol. The van der Waals surface area contributed by atoms with Crippen LogP contribution in [-0.4, -0.2) is 66.5 Å². The fourth-order valence-corrected chi connectivity index (χ4v) is 4.44. The van der Waals surface area contributed by atoms with Gasteiger partial charge in [-0.3, -0.25) is 9.69 Å². The van der Waals surface area contributed by atoms with E-state index in [1.807, 2.05) is 4.90 Å². The normalized spacial score (nSPS) is 27.3. The molecule has 0 radical (unpaired) electrons. The van der Waals surface area contributed by atoms with Gasteiger partial charge in [0, 0.05) is 56.1 Å². The molecule has 1 saturated carbocycles. The van der Waals surface area contributed by atoms with Crippen LogP contribution in [0.1, 0.15) is 17.9 Å². The Morgan fingerprint density at radius 1 is 1.12 bits per heavy atom. The van der Waals surface area contributed by atoms with Crippen molar-refractivity contribution >= 4 is 17.7 Å². The molecule has 2 unspecified atom stereocenters. The third-order valence-corrected chi connectivity index (χ3v) is 6.23. The molecule has 0 aromatic heterocycles. The van der Waals surface area contributed by atoms with E-state index in [2.05, 4.69) is 10.2 Å². The monoisotopic (exact) mass is 385 g/mol. The van der Waals surface area contributed by atoms with Crippen LogP contribution in [0.2, 0.25) is 0 Å². The highest BCUT2D eigenvalue weighted by atomic mass is 32.2. The Labute approximate surface area is 155 Å². The number of thioether (sulfide) groups is 1. The first-order valence-corrected chi connectivity index (χ1v) is 9.81. The number of alkyl halides is 3. The largest absolute Gasteiger partial charge is 0.446 e. The Balaban J connectivity index is 1.27. The fraction of sp³-hybridized carbons (Fsp3) is 0.611. The number of carbonyl (C=O) groups excluding carboxylic acids is 1. The van der Waals surface area contributed by atoms with Crippen molar-refractivity contribution in [3.05, 3.63) is 29.8 Å². The van der Waals surface area contributed by atoms with Gasteiger partial charge in [0.1, 0.15) is 0 Å². The van der Waals surface area contributed by atoms with E-state index in [9.17, 15) is 18.0 Å². The van der Waals surface area contributed by atoms with Crippen molar-refractivity contribution in [2.45, 2.75) is 28.8 Å². The SMILES string of the molecule is O=C(C1CC1c1ccc(SC(F)(F)F)cc1)N1CC(N2CCNCC2)C1. The van der Waals surface area contributed by atoms with Crippen molar-refractivity contribution in [2.75, 3.05) is 39.3 Å². The van der Waals surface area contributed by atoms with Gasteiger partial charge in [-0.05, 0) is 41.8 Å². The highest BCUT2D eigenvalue weighted by Gasteiger charge is 2.48. The number of amides is 1. The van der Waals surface area contributed by atoms with Gasteiger partial charge in [-0.15, -0.1) is 0 Å². The molecule has 1 amide bonds. The number of hydrogen-bond donors (Lipinski definition) is 1. The third kappa shape index (κ3) is 4.02. The summed E-state index contributed by atoms with van der Waals surface area (Å²) >= 11 is -0.104. The molecule has 1 N–H and O–H groups in total. The molecule has 8 heteroatoms. The standard InChI is InChI=1S/C18H22F3N3OS/c19-18(20,21)26-14-3-1-12(2-4-14)15-9-16(15)17(25)24-10-13(11-24)23-7-5-22-6-8-23/h1-4,13,15-16,22H,5-11H2. The maximum Gasteiger partial charge on any atom is 0.446 e. The van der Waals surface area contributed by atoms with Gasteiger partial charge in [-0.25, -0.2) is 0 Å². The summed E-state index contributed by atoms with van der Waals surface area (Å²) in [5.74, 6) is 0.362. The van der Waals surface area contributed by atoms with E-state index in [1.165, 1.54) is 12.1 Å². The maximum atomic E-state index is 12.6. The zero-order valence-corrected chi connectivity index (χ0v) is 15.2. The van der Waals surface area contributed by atoms with Gasteiger partial charge in [0.25, 0.3) is 0 Å². The first kappa shape index (κ1) is 18.1. The zero-order valence-electron chi connectivity index (χ0n) is 14.3. The number of likely N-dealkylation sites (tertiary alicyclic amines) is 1. The summed E-state index contributed by atoms with van der Waals surface area (Å²) in [7, 11) is 0. The van der Waals surface area contributed by atoms with E-state index in [0.29, 0.717) is 6.04 Å². The summed E-state index contributed by atoms with van der Waals surface area (Å²) < 4.78 is 37.2. The van der Waals surface area contributed by atoms with Crippen molar-refractivity contribution in [3.63, 3.8) is 0 Å². The van der Waals surface area contributed by atoms with Crippen molar-refractivity contribution in [1.82, 2.24) is 15.1 Å². The molecule has 2 atom stereocenters. The van der Waals surface area contributed by atoms with Gasteiger partial charge in [0.2, 0.25) is 5.91 Å². The molecule has 2 aliphatic heterocycles. The lowest BCUT2D eigenvalue weighted by atomic mass is 10.0. The van der Waals surface area contributed by atoms with Crippen LogP contribution < -0.4 is 5.32 Å². The Bertz CT molecular complexity index is 655. The maximum absolute atomic E-state index is 12.6. The van der Waals surface area contributed by atoms with Crippen LogP contribution in [0.4, 0.5) is 13.2 Å². The molecule has 26 heavy (non-hydrogen) atoms. The number of rotatable bonds is 4. The molecular formula is C18H22F3N3OS.